The van der Waals surface area contributed by atoms with Gasteiger partial charge in [-0.15, -0.1) is 0 Å². The van der Waals surface area contributed by atoms with Crippen molar-refractivity contribution in [3.63, 3.8) is 0 Å². The molecule has 4 atom stereocenters. The Labute approximate surface area is 163 Å². The Bertz CT molecular complexity index is 900. The summed E-state index contributed by atoms with van der Waals surface area (Å²) in [4.78, 5) is 34.9. The lowest BCUT2D eigenvalue weighted by Crippen LogP contribution is -2.24. The average molecular weight is 376 g/mol. The van der Waals surface area contributed by atoms with Crippen LogP contribution in [0.4, 0.5) is 0 Å². The van der Waals surface area contributed by atoms with E-state index < -0.39 is 12.1 Å². The van der Waals surface area contributed by atoms with Gasteiger partial charge in [-0.05, 0) is 29.3 Å². The fraction of sp³-hybridized carbons (Fsp3) is 0.261. The highest BCUT2D eigenvalue weighted by Crippen LogP contribution is 2.43. The number of rotatable bonds is 5. The minimum Gasteiger partial charge on any atom is -0.462 e. The average Bonchev–Trinajstić information content (AvgIpc) is 3.22. The normalized spacial score (nSPS) is 26.1. The smallest absolute Gasteiger partial charge is 0.338 e. The Morgan fingerprint density at radius 2 is 1.75 bits per heavy atom. The first kappa shape index (κ1) is 18.2. The molecule has 5 nitrogen and oxygen atoms in total. The van der Waals surface area contributed by atoms with Crippen molar-refractivity contribution in [1.29, 1.82) is 0 Å². The first-order valence-corrected chi connectivity index (χ1v) is 9.33. The van der Waals surface area contributed by atoms with Gasteiger partial charge in [-0.25, -0.2) is 4.79 Å². The highest BCUT2D eigenvalue weighted by molar-refractivity contribution is 5.90. The van der Waals surface area contributed by atoms with Gasteiger partial charge >= 0.3 is 11.9 Å². The predicted molar refractivity (Wildman–Crippen MR) is 102 cm³/mol. The fourth-order valence-electron chi connectivity index (χ4n) is 4.10. The lowest BCUT2D eigenvalue weighted by atomic mass is 9.92. The van der Waals surface area contributed by atoms with Crippen LogP contribution in [0.2, 0.25) is 0 Å². The van der Waals surface area contributed by atoms with E-state index in [0.717, 1.165) is 11.1 Å². The van der Waals surface area contributed by atoms with E-state index in [4.69, 9.17) is 9.47 Å². The summed E-state index contributed by atoms with van der Waals surface area (Å²) in [6.45, 7) is 0. The molecule has 0 radical (unpaired) electrons. The van der Waals surface area contributed by atoms with Crippen LogP contribution in [0.5, 0.6) is 0 Å². The van der Waals surface area contributed by atoms with Crippen LogP contribution in [0.1, 0.15) is 23.2 Å². The Hall–Kier alpha value is -3.21. The van der Waals surface area contributed by atoms with Crippen LogP contribution < -0.4 is 0 Å². The second kappa shape index (κ2) is 7.80. The van der Waals surface area contributed by atoms with Crippen molar-refractivity contribution < 1.29 is 23.9 Å². The molecule has 0 bridgehead atoms. The first-order chi connectivity index (χ1) is 13.7. The third-order valence-corrected chi connectivity index (χ3v) is 5.45. The van der Waals surface area contributed by atoms with Crippen LogP contribution in [0.15, 0.2) is 66.7 Å². The number of fused-ring (bicyclic) bond motifs is 1. The van der Waals surface area contributed by atoms with Gasteiger partial charge in [-0.3, -0.25) is 9.59 Å². The second-order valence-electron chi connectivity index (χ2n) is 7.12. The van der Waals surface area contributed by atoms with E-state index in [0.29, 0.717) is 24.7 Å². The number of aldehydes is 1. The highest BCUT2D eigenvalue weighted by Gasteiger charge is 2.50. The lowest BCUT2D eigenvalue weighted by Gasteiger charge is -2.20. The number of ether oxygens (including phenoxy) is 2. The van der Waals surface area contributed by atoms with Crippen LogP contribution >= 0.6 is 0 Å². The van der Waals surface area contributed by atoms with Crippen molar-refractivity contribution in [2.24, 2.45) is 11.8 Å². The summed E-state index contributed by atoms with van der Waals surface area (Å²) in [6, 6.07) is 17.2. The first-order valence-electron chi connectivity index (χ1n) is 9.33. The summed E-state index contributed by atoms with van der Waals surface area (Å²) in [5.74, 6) is -0.905. The Balaban J connectivity index is 1.47. The molecular weight excluding hydrogens is 356 g/mol. The molecule has 1 saturated carbocycles. The molecule has 1 saturated heterocycles. The molecule has 4 rings (SSSR count). The molecule has 0 amide bonds. The molecule has 0 aromatic heterocycles. The molecule has 2 aliphatic rings. The molecule has 28 heavy (non-hydrogen) atoms. The number of allylic oxidation sites excluding steroid dienone is 1. The summed E-state index contributed by atoms with van der Waals surface area (Å²) >= 11 is 0. The Kier molecular flexibility index (Phi) is 5.06. The largest absolute Gasteiger partial charge is 0.462 e. The maximum atomic E-state index is 12.6. The highest BCUT2D eigenvalue weighted by atomic mass is 16.6. The second-order valence-corrected chi connectivity index (χ2v) is 7.12. The van der Waals surface area contributed by atoms with E-state index in [-0.39, 0.29) is 23.9 Å². The topological polar surface area (TPSA) is 69.7 Å². The summed E-state index contributed by atoms with van der Waals surface area (Å²) in [5, 5.41) is 0. The van der Waals surface area contributed by atoms with Gasteiger partial charge in [-0.2, -0.15) is 0 Å². The van der Waals surface area contributed by atoms with E-state index in [9.17, 15) is 14.4 Å². The van der Waals surface area contributed by atoms with Gasteiger partial charge < -0.3 is 9.47 Å². The van der Waals surface area contributed by atoms with Crippen LogP contribution in [0, 0.1) is 11.8 Å². The molecule has 142 valence electrons. The van der Waals surface area contributed by atoms with Gasteiger partial charge in [0.25, 0.3) is 0 Å². The van der Waals surface area contributed by atoms with E-state index in [1.807, 2.05) is 42.5 Å². The molecule has 2 fully saturated rings. The zero-order valence-corrected chi connectivity index (χ0v) is 15.2. The summed E-state index contributed by atoms with van der Waals surface area (Å²) in [7, 11) is 0. The number of carbonyl (C=O) groups is 3. The van der Waals surface area contributed by atoms with E-state index in [2.05, 4.69) is 0 Å². The maximum absolute atomic E-state index is 12.6. The fourth-order valence-corrected chi connectivity index (χ4v) is 4.10. The van der Waals surface area contributed by atoms with E-state index in [1.54, 1.807) is 18.2 Å². The van der Waals surface area contributed by atoms with Gasteiger partial charge in [0.15, 0.2) is 0 Å². The third kappa shape index (κ3) is 3.60. The van der Waals surface area contributed by atoms with Gasteiger partial charge in [0, 0.05) is 18.3 Å². The standard InChI is InChI=1S/C23H20O5/c24-12-4-7-18-19-13-22(25)27-21(19)14-20(18)28-23(26)17-10-8-16(9-11-17)15-5-2-1-3-6-15/h1-12,18-21H,13-14H2/b7-4+/t18-,19-,20-,21+/m1/s1. The molecule has 0 unspecified atom stereocenters. The van der Waals surface area contributed by atoms with Crippen LogP contribution in [0.25, 0.3) is 11.1 Å². The molecule has 0 N–H and O–H groups in total. The molecule has 2 aromatic carbocycles. The van der Waals surface area contributed by atoms with Gasteiger partial charge in [-0.1, -0.05) is 48.5 Å². The minimum absolute atomic E-state index is 0.0537. The maximum Gasteiger partial charge on any atom is 0.338 e. The van der Waals surface area contributed by atoms with Crippen LogP contribution in [-0.4, -0.2) is 30.4 Å². The third-order valence-electron chi connectivity index (χ3n) is 5.45. The number of benzene rings is 2. The van der Waals surface area contributed by atoms with Crippen molar-refractivity contribution >= 4 is 18.2 Å². The monoisotopic (exact) mass is 376 g/mol. The molecule has 0 spiro atoms. The summed E-state index contributed by atoms with van der Waals surface area (Å²) in [6.07, 6.45) is 3.87. The summed E-state index contributed by atoms with van der Waals surface area (Å²) < 4.78 is 11.1. The Morgan fingerprint density at radius 3 is 2.46 bits per heavy atom. The van der Waals surface area contributed by atoms with Gasteiger partial charge in [0.1, 0.15) is 18.5 Å². The van der Waals surface area contributed by atoms with Crippen molar-refractivity contribution in [3.05, 3.63) is 72.3 Å². The Morgan fingerprint density at radius 1 is 1.04 bits per heavy atom. The van der Waals surface area contributed by atoms with Crippen molar-refractivity contribution in [3.8, 4) is 11.1 Å². The molecule has 2 aromatic rings. The van der Waals surface area contributed by atoms with Crippen molar-refractivity contribution in [2.45, 2.75) is 25.0 Å². The number of hydrogen-bond donors (Lipinski definition) is 0. The number of esters is 2. The van der Waals surface area contributed by atoms with Crippen LogP contribution in [0.3, 0.4) is 0 Å². The molecule has 1 aliphatic carbocycles. The zero-order chi connectivity index (χ0) is 19.5. The van der Waals surface area contributed by atoms with E-state index in [1.165, 1.54) is 6.08 Å². The zero-order valence-electron chi connectivity index (χ0n) is 15.2. The van der Waals surface area contributed by atoms with Gasteiger partial charge in [0.05, 0.1) is 12.0 Å². The number of hydrogen-bond acceptors (Lipinski definition) is 5. The van der Waals surface area contributed by atoms with Crippen molar-refractivity contribution in [2.75, 3.05) is 0 Å². The lowest BCUT2D eigenvalue weighted by molar-refractivity contribution is -0.141. The molecular formula is C23H20O5. The quantitative estimate of drug-likeness (QED) is 0.453. The van der Waals surface area contributed by atoms with Gasteiger partial charge in [0.2, 0.25) is 0 Å². The predicted octanol–water partition coefficient (Wildman–Crippen LogP) is 3.59. The summed E-state index contributed by atoms with van der Waals surface area (Å²) in [5.41, 5.74) is 2.56. The molecule has 1 aliphatic heterocycles. The van der Waals surface area contributed by atoms with Crippen LogP contribution in [-0.2, 0) is 19.1 Å². The van der Waals surface area contributed by atoms with E-state index >= 15 is 0 Å². The minimum atomic E-state index is -0.416. The molecule has 5 heteroatoms. The SMILES string of the molecule is O=C/C=C/[C@@H]1[C@H]2CC(=O)O[C@H]2C[C@H]1OC(=O)c1ccc(-c2ccccc2)cc1. The van der Waals surface area contributed by atoms with Crippen molar-refractivity contribution in [1.82, 2.24) is 0 Å². The number of carbonyl (C=O) groups excluding carboxylic acids is 3. The molecule has 1 heterocycles.